The lowest BCUT2D eigenvalue weighted by molar-refractivity contribution is 0.0955. The normalized spacial score (nSPS) is 27.9. The Morgan fingerprint density at radius 3 is 3.06 bits per heavy atom. The first-order valence-electron chi connectivity index (χ1n) is 6.70. The molecule has 0 unspecified atom stereocenters. The maximum Gasteiger partial charge on any atom is 0.272 e. The Balaban J connectivity index is 1.63. The number of thiophene rings is 1. The molecule has 2 saturated carbocycles. The van der Waals surface area contributed by atoms with Gasteiger partial charge in [-0.25, -0.2) is 5.43 Å². The molecule has 18 heavy (non-hydrogen) atoms. The Labute approximate surface area is 111 Å². The number of fused-ring (bicyclic) bond motifs is 2. The van der Waals surface area contributed by atoms with Crippen molar-refractivity contribution in [2.24, 2.45) is 16.9 Å². The second-order valence-electron chi connectivity index (χ2n) is 5.28. The zero-order valence-electron chi connectivity index (χ0n) is 10.6. The van der Waals surface area contributed by atoms with Gasteiger partial charge in [0.05, 0.1) is 5.56 Å². The minimum absolute atomic E-state index is 0.0683. The maximum atomic E-state index is 11.9. The topological polar surface area (TPSA) is 41.5 Å². The number of nitrogens with zero attached hydrogens (tertiary/aromatic N) is 1. The van der Waals surface area contributed by atoms with E-state index in [0.717, 1.165) is 24.3 Å². The highest BCUT2D eigenvalue weighted by atomic mass is 32.1. The van der Waals surface area contributed by atoms with Crippen LogP contribution in [0.15, 0.2) is 16.5 Å². The lowest BCUT2D eigenvalue weighted by atomic mass is 9.99. The molecule has 2 aliphatic rings. The van der Waals surface area contributed by atoms with E-state index in [4.69, 9.17) is 0 Å². The van der Waals surface area contributed by atoms with Crippen LogP contribution in [0.1, 0.15) is 47.8 Å². The van der Waals surface area contributed by atoms with Gasteiger partial charge in [0, 0.05) is 16.0 Å². The molecular formula is C14H18N2OS. The van der Waals surface area contributed by atoms with E-state index in [2.05, 4.69) is 17.5 Å². The van der Waals surface area contributed by atoms with Crippen molar-refractivity contribution in [2.75, 3.05) is 0 Å². The number of hydrazone groups is 1. The molecule has 2 bridgehead atoms. The first kappa shape index (κ1) is 11.9. The van der Waals surface area contributed by atoms with Gasteiger partial charge in [-0.3, -0.25) is 4.79 Å². The molecule has 0 aromatic carbocycles. The zero-order chi connectivity index (χ0) is 12.5. The first-order chi connectivity index (χ1) is 8.76. The Morgan fingerprint density at radius 2 is 2.44 bits per heavy atom. The summed E-state index contributed by atoms with van der Waals surface area (Å²) in [6.07, 6.45) is 5.97. The number of carbonyl (C=O) groups excluding carboxylic acids is 1. The highest BCUT2D eigenvalue weighted by molar-refractivity contribution is 7.10. The summed E-state index contributed by atoms with van der Waals surface area (Å²) >= 11 is 1.64. The lowest BCUT2D eigenvalue weighted by Crippen LogP contribution is -2.21. The number of aryl methyl sites for hydroxylation is 1. The SMILES string of the molecule is CCc1cc(C(=O)N/N=C2\C[C@@H]3CC[C@@H]2C3)cs1. The molecule has 1 N–H and O–H groups in total. The molecular weight excluding hydrogens is 244 g/mol. The van der Waals surface area contributed by atoms with Crippen LogP contribution in [0.5, 0.6) is 0 Å². The largest absolute Gasteiger partial charge is 0.272 e. The molecule has 1 aromatic rings. The van der Waals surface area contributed by atoms with Gasteiger partial charge in [0.15, 0.2) is 0 Å². The number of nitrogens with one attached hydrogen (secondary N) is 1. The third-order valence-electron chi connectivity index (χ3n) is 4.08. The molecule has 0 aliphatic heterocycles. The number of amides is 1. The van der Waals surface area contributed by atoms with E-state index >= 15 is 0 Å². The van der Waals surface area contributed by atoms with Crippen molar-refractivity contribution >= 4 is 23.0 Å². The van der Waals surface area contributed by atoms with E-state index in [1.807, 2.05) is 11.4 Å². The van der Waals surface area contributed by atoms with E-state index in [9.17, 15) is 4.79 Å². The Morgan fingerprint density at radius 1 is 1.56 bits per heavy atom. The van der Waals surface area contributed by atoms with Crippen LogP contribution in [-0.4, -0.2) is 11.6 Å². The Kier molecular flexibility index (Phi) is 3.20. The third-order valence-corrected chi connectivity index (χ3v) is 5.16. The quantitative estimate of drug-likeness (QED) is 0.835. The standard InChI is InChI=1S/C14H18N2OS/c1-2-12-7-11(8-18-12)14(17)16-15-13-6-9-3-4-10(13)5-9/h7-10H,2-6H2,1H3,(H,16,17)/b15-13+/t9-,10-/m1/s1. The molecule has 2 atom stereocenters. The summed E-state index contributed by atoms with van der Waals surface area (Å²) in [4.78, 5) is 13.2. The highest BCUT2D eigenvalue weighted by Crippen LogP contribution is 2.42. The molecule has 3 rings (SSSR count). The fourth-order valence-electron chi connectivity index (χ4n) is 3.03. The minimum Gasteiger partial charge on any atom is -0.267 e. The molecule has 0 radical (unpaired) electrons. The fourth-order valence-corrected chi connectivity index (χ4v) is 3.85. The van der Waals surface area contributed by atoms with E-state index in [-0.39, 0.29) is 5.91 Å². The molecule has 2 fully saturated rings. The van der Waals surface area contributed by atoms with Gasteiger partial charge in [-0.05, 0) is 50.0 Å². The molecule has 0 saturated heterocycles. The van der Waals surface area contributed by atoms with E-state index in [1.54, 1.807) is 11.3 Å². The summed E-state index contributed by atoms with van der Waals surface area (Å²) in [6, 6.07) is 1.96. The van der Waals surface area contributed by atoms with Crippen LogP contribution in [0.3, 0.4) is 0 Å². The first-order valence-corrected chi connectivity index (χ1v) is 7.58. The average Bonchev–Trinajstić information content (AvgIpc) is 3.10. The summed E-state index contributed by atoms with van der Waals surface area (Å²) in [5.74, 6) is 1.41. The van der Waals surface area contributed by atoms with E-state index in [1.165, 1.54) is 29.9 Å². The Bertz CT molecular complexity index is 492. The van der Waals surface area contributed by atoms with Crippen molar-refractivity contribution in [3.05, 3.63) is 21.9 Å². The summed E-state index contributed by atoms with van der Waals surface area (Å²) in [7, 11) is 0. The molecule has 1 heterocycles. The van der Waals surface area contributed by atoms with Crippen molar-refractivity contribution in [2.45, 2.75) is 39.0 Å². The van der Waals surface area contributed by atoms with Crippen LogP contribution in [0, 0.1) is 11.8 Å². The second kappa shape index (κ2) is 4.84. The summed E-state index contributed by atoms with van der Waals surface area (Å²) < 4.78 is 0. The van der Waals surface area contributed by atoms with E-state index in [0.29, 0.717) is 5.92 Å². The summed E-state index contributed by atoms with van der Waals surface area (Å²) in [6.45, 7) is 2.10. The van der Waals surface area contributed by atoms with Crippen molar-refractivity contribution in [3.8, 4) is 0 Å². The monoisotopic (exact) mass is 262 g/mol. The van der Waals surface area contributed by atoms with Crippen LogP contribution in [0.2, 0.25) is 0 Å². The van der Waals surface area contributed by atoms with Crippen molar-refractivity contribution in [1.29, 1.82) is 0 Å². The van der Waals surface area contributed by atoms with Crippen LogP contribution in [0.25, 0.3) is 0 Å². The smallest absolute Gasteiger partial charge is 0.267 e. The molecule has 4 heteroatoms. The van der Waals surface area contributed by atoms with Crippen molar-refractivity contribution in [3.63, 3.8) is 0 Å². The molecule has 1 amide bonds. The predicted octanol–water partition coefficient (Wildman–Crippen LogP) is 3.22. The van der Waals surface area contributed by atoms with Crippen LogP contribution < -0.4 is 5.43 Å². The number of rotatable bonds is 3. The van der Waals surface area contributed by atoms with Crippen molar-refractivity contribution in [1.82, 2.24) is 5.43 Å². The van der Waals surface area contributed by atoms with Crippen LogP contribution in [0.4, 0.5) is 0 Å². The zero-order valence-corrected chi connectivity index (χ0v) is 11.4. The molecule has 2 aliphatic carbocycles. The van der Waals surface area contributed by atoms with Gasteiger partial charge < -0.3 is 0 Å². The number of hydrogen-bond donors (Lipinski definition) is 1. The third kappa shape index (κ3) is 2.21. The van der Waals surface area contributed by atoms with Gasteiger partial charge in [-0.2, -0.15) is 5.10 Å². The van der Waals surface area contributed by atoms with Crippen LogP contribution in [-0.2, 0) is 6.42 Å². The van der Waals surface area contributed by atoms with Gasteiger partial charge in [-0.1, -0.05) is 6.92 Å². The van der Waals surface area contributed by atoms with Gasteiger partial charge in [0.2, 0.25) is 0 Å². The summed E-state index contributed by atoms with van der Waals surface area (Å²) in [5.41, 5.74) is 4.67. The van der Waals surface area contributed by atoms with Crippen LogP contribution >= 0.6 is 11.3 Å². The highest BCUT2D eigenvalue weighted by Gasteiger charge is 2.36. The molecule has 96 valence electrons. The predicted molar refractivity (Wildman–Crippen MR) is 74.0 cm³/mol. The lowest BCUT2D eigenvalue weighted by Gasteiger charge is -2.11. The molecule has 0 spiro atoms. The number of hydrogen-bond acceptors (Lipinski definition) is 3. The van der Waals surface area contributed by atoms with Gasteiger partial charge >= 0.3 is 0 Å². The summed E-state index contributed by atoms with van der Waals surface area (Å²) in [5, 5.41) is 6.25. The van der Waals surface area contributed by atoms with Gasteiger partial charge in [-0.15, -0.1) is 11.3 Å². The van der Waals surface area contributed by atoms with Gasteiger partial charge in [0.25, 0.3) is 5.91 Å². The minimum atomic E-state index is -0.0683. The second-order valence-corrected chi connectivity index (χ2v) is 6.28. The number of carbonyl (C=O) groups is 1. The average molecular weight is 262 g/mol. The Hall–Kier alpha value is -1.16. The maximum absolute atomic E-state index is 11.9. The van der Waals surface area contributed by atoms with Crippen molar-refractivity contribution < 1.29 is 4.79 Å². The van der Waals surface area contributed by atoms with E-state index < -0.39 is 0 Å². The molecule has 1 aromatic heterocycles. The van der Waals surface area contributed by atoms with Gasteiger partial charge in [0.1, 0.15) is 0 Å². The molecule has 3 nitrogen and oxygen atoms in total. The fraction of sp³-hybridized carbons (Fsp3) is 0.571.